The molecule has 0 fully saturated rings. The van der Waals surface area contributed by atoms with E-state index in [2.05, 4.69) is 32.2 Å². The molecule has 0 bridgehead atoms. The average molecular weight is 409 g/mol. The first-order valence-electron chi connectivity index (χ1n) is 9.59. The van der Waals surface area contributed by atoms with Gasteiger partial charge in [-0.2, -0.15) is 4.98 Å². The minimum Gasteiger partial charge on any atom is -0.497 e. The fraction of sp³-hybridized carbons (Fsp3) is 0.318. The van der Waals surface area contributed by atoms with Crippen molar-refractivity contribution in [1.29, 1.82) is 0 Å². The minimum atomic E-state index is -0.614. The van der Waals surface area contributed by atoms with E-state index in [1.54, 1.807) is 26.5 Å². The van der Waals surface area contributed by atoms with Crippen LogP contribution >= 0.6 is 0 Å². The number of aliphatic hydroxyl groups excluding tert-OH is 1. The summed E-state index contributed by atoms with van der Waals surface area (Å²) >= 11 is 0. The lowest BCUT2D eigenvalue weighted by molar-refractivity contribution is 0.223. The van der Waals surface area contributed by atoms with Gasteiger partial charge in [0.15, 0.2) is 5.82 Å². The van der Waals surface area contributed by atoms with Crippen molar-refractivity contribution in [3.05, 3.63) is 54.7 Å². The third-order valence-corrected chi connectivity index (χ3v) is 4.75. The molecule has 3 aromatic rings. The molecule has 0 aliphatic carbocycles. The highest BCUT2D eigenvalue weighted by Gasteiger charge is 2.24. The first kappa shape index (κ1) is 21.3. The number of aliphatic hydroxyl groups is 1. The average Bonchev–Trinajstić information content (AvgIpc) is 2.77. The molecule has 0 spiro atoms. The van der Waals surface area contributed by atoms with Gasteiger partial charge in [-0.25, -0.2) is 4.98 Å². The first-order valence-corrected chi connectivity index (χ1v) is 9.59. The Bertz CT molecular complexity index is 1030. The monoisotopic (exact) mass is 409 g/mol. The summed E-state index contributed by atoms with van der Waals surface area (Å²) in [5, 5.41) is 16.4. The highest BCUT2D eigenvalue weighted by atomic mass is 16.5. The van der Waals surface area contributed by atoms with Crippen molar-refractivity contribution in [3.8, 4) is 11.5 Å². The number of pyridine rings is 1. The van der Waals surface area contributed by atoms with Gasteiger partial charge in [-0.15, -0.1) is 6.58 Å². The zero-order valence-corrected chi connectivity index (χ0v) is 17.5. The molecular formula is C22H27N5O3. The van der Waals surface area contributed by atoms with Crippen molar-refractivity contribution >= 4 is 22.8 Å². The molecule has 0 aliphatic heterocycles. The molecule has 8 nitrogen and oxygen atoms in total. The van der Waals surface area contributed by atoms with Crippen molar-refractivity contribution in [3.63, 3.8) is 0 Å². The summed E-state index contributed by atoms with van der Waals surface area (Å²) in [6.45, 7) is 6.06. The lowest BCUT2D eigenvalue weighted by Gasteiger charge is -2.28. The second kappa shape index (κ2) is 9.41. The number of methoxy groups -OCH3 is 2. The van der Waals surface area contributed by atoms with Gasteiger partial charge in [-0.1, -0.05) is 6.08 Å². The molecule has 0 aliphatic rings. The summed E-state index contributed by atoms with van der Waals surface area (Å²) in [5.41, 5.74) is 1.65. The molecule has 2 aromatic heterocycles. The van der Waals surface area contributed by atoms with Crippen LogP contribution in [0.3, 0.4) is 0 Å². The largest absolute Gasteiger partial charge is 0.497 e. The highest BCUT2D eigenvalue weighted by molar-refractivity contribution is 5.86. The minimum absolute atomic E-state index is 0.0802. The van der Waals surface area contributed by atoms with E-state index in [-0.39, 0.29) is 6.61 Å². The number of ether oxygens (including phenoxy) is 2. The van der Waals surface area contributed by atoms with Crippen LogP contribution in [-0.4, -0.2) is 46.4 Å². The lowest BCUT2D eigenvalue weighted by Crippen LogP contribution is -2.38. The van der Waals surface area contributed by atoms with Crippen LogP contribution in [0.5, 0.6) is 11.5 Å². The Morgan fingerprint density at radius 3 is 2.73 bits per heavy atom. The molecule has 1 aromatic carbocycles. The molecule has 3 rings (SSSR count). The molecule has 158 valence electrons. The second-order valence-corrected chi connectivity index (χ2v) is 7.13. The van der Waals surface area contributed by atoms with Crippen molar-refractivity contribution in [2.24, 2.45) is 0 Å². The second-order valence-electron chi connectivity index (χ2n) is 7.13. The topological polar surface area (TPSA) is 101 Å². The Morgan fingerprint density at radius 1 is 1.20 bits per heavy atom. The molecule has 0 radical (unpaired) electrons. The fourth-order valence-electron chi connectivity index (χ4n) is 3.07. The van der Waals surface area contributed by atoms with Gasteiger partial charge in [0.25, 0.3) is 0 Å². The van der Waals surface area contributed by atoms with Crippen molar-refractivity contribution in [2.75, 3.05) is 31.5 Å². The molecule has 0 saturated heterocycles. The van der Waals surface area contributed by atoms with Gasteiger partial charge >= 0.3 is 0 Å². The standard InChI is InChI=1S/C22H27N5O3/c1-5-10-22(2,14-28)27-20-19-17(7-6-11-23-19)25-21(26-20)24-13-15-8-9-16(29-3)12-18(15)30-4/h5-9,11-12,28H,1,10,13-14H2,2-4H3,(H2,24,25,26,27). The van der Waals surface area contributed by atoms with E-state index in [9.17, 15) is 5.11 Å². The number of hydrogen-bond donors (Lipinski definition) is 3. The molecule has 8 heteroatoms. The molecule has 2 heterocycles. The number of hydrogen-bond acceptors (Lipinski definition) is 8. The summed E-state index contributed by atoms with van der Waals surface area (Å²) in [6.07, 6.45) is 4.01. The van der Waals surface area contributed by atoms with Crippen LogP contribution in [0, 0.1) is 0 Å². The van der Waals surface area contributed by atoms with Gasteiger partial charge < -0.3 is 25.2 Å². The zero-order valence-electron chi connectivity index (χ0n) is 17.5. The van der Waals surface area contributed by atoms with E-state index in [1.165, 1.54) is 0 Å². The normalized spacial score (nSPS) is 12.8. The lowest BCUT2D eigenvalue weighted by atomic mass is 9.99. The summed E-state index contributed by atoms with van der Waals surface area (Å²) < 4.78 is 10.7. The van der Waals surface area contributed by atoms with E-state index in [0.29, 0.717) is 41.5 Å². The number of anilines is 2. The molecule has 0 amide bonds. The van der Waals surface area contributed by atoms with E-state index in [4.69, 9.17) is 9.47 Å². The van der Waals surface area contributed by atoms with Crippen LogP contribution in [0.25, 0.3) is 11.0 Å². The zero-order chi connectivity index (χ0) is 21.6. The number of benzene rings is 1. The van der Waals surface area contributed by atoms with Crippen molar-refractivity contribution in [1.82, 2.24) is 15.0 Å². The Labute approximate surface area is 176 Å². The van der Waals surface area contributed by atoms with Crippen LogP contribution in [0.1, 0.15) is 18.9 Å². The van der Waals surface area contributed by atoms with E-state index in [1.807, 2.05) is 37.3 Å². The maximum absolute atomic E-state index is 9.86. The molecule has 1 unspecified atom stereocenters. The van der Waals surface area contributed by atoms with Crippen LogP contribution in [0.15, 0.2) is 49.2 Å². The molecular weight excluding hydrogens is 382 g/mol. The van der Waals surface area contributed by atoms with Gasteiger partial charge in [0.1, 0.15) is 17.0 Å². The maximum Gasteiger partial charge on any atom is 0.225 e. The summed E-state index contributed by atoms with van der Waals surface area (Å²) in [4.78, 5) is 13.6. The smallest absolute Gasteiger partial charge is 0.225 e. The Kier molecular flexibility index (Phi) is 6.68. The summed E-state index contributed by atoms with van der Waals surface area (Å²) in [7, 11) is 3.23. The number of aromatic nitrogens is 3. The SMILES string of the molecule is C=CCC(C)(CO)Nc1nc(NCc2ccc(OC)cc2OC)nc2cccnc12. The molecule has 3 N–H and O–H groups in total. The van der Waals surface area contributed by atoms with Crippen LogP contribution in [-0.2, 0) is 6.54 Å². The van der Waals surface area contributed by atoms with Crippen LogP contribution in [0.2, 0.25) is 0 Å². The predicted molar refractivity (Wildman–Crippen MR) is 118 cm³/mol. The number of nitrogens with zero attached hydrogens (tertiary/aromatic N) is 3. The maximum atomic E-state index is 9.86. The van der Waals surface area contributed by atoms with Crippen LogP contribution < -0.4 is 20.1 Å². The Hall–Kier alpha value is -3.39. The first-order chi connectivity index (χ1) is 14.5. The Morgan fingerprint density at radius 2 is 2.03 bits per heavy atom. The van der Waals surface area contributed by atoms with Gasteiger partial charge in [0, 0.05) is 24.4 Å². The van der Waals surface area contributed by atoms with E-state index >= 15 is 0 Å². The number of rotatable bonds is 10. The summed E-state index contributed by atoms with van der Waals surface area (Å²) in [6, 6.07) is 9.33. The van der Waals surface area contributed by atoms with E-state index < -0.39 is 5.54 Å². The summed E-state index contributed by atoms with van der Waals surface area (Å²) in [5.74, 6) is 2.42. The van der Waals surface area contributed by atoms with Crippen molar-refractivity contribution < 1.29 is 14.6 Å². The Balaban J connectivity index is 1.91. The van der Waals surface area contributed by atoms with Crippen LogP contribution in [0.4, 0.5) is 11.8 Å². The quantitative estimate of drug-likeness (QED) is 0.438. The highest BCUT2D eigenvalue weighted by Crippen LogP contribution is 2.27. The van der Waals surface area contributed by atoms with Crippen molar-refractivity contribution in [2.45, 2.75) is 25.4 Å². The van der Waals surface area contributed by atoms with E-state index in [0.717, 1.165) is 11.3 Å². The molecule has 0 saturated carbocycles. The third kappa shape index (κ3) is 4.77. The molecule has 30 heavy (non-hydrogen) atoms. The predicted octanol–water partition coefficient (Wildman–Crippen LogP) is 3.39. The molecule has 1 atom stereocenters. The van der Waals surface area contributed by atoms with Gasteiger partial charge in [0.2, 0.25) is 5.95 Å². The van der Waals surface area contributed by atoms with Gasteiger partial charge in [-0.05, 0) is 37.6 Å². The fourth-order valence-corrected chi connectivity index (χ4v) is 3.07. The van der Waals surface area contributed by atoms with Gasteiger partial charge in [-0.3, -0.25) is 4.98 Å². The third-order valence-electron chi connectivity index (χ3n) is 4.75. The van der Waals surface area contributed by atoms with Gasteiger partial charge in [0.05, 0.1) is 31.9 Å². The number of nitrogens with one attached hydrogen (secondary N) is 2. The number of fused-ring (bicyclic) bond motifs is 1.